The van der Waals surface area contributed by atoms with Gasteiger partial charge in [0.15, 0.2) is 10.9 Å². The molecule has 0 saturated carbocycles. The van der Waals surface area contributed by atoms with E-state index in [4.69, 9.17) is 44.6 Å². The van der Waals surface area contributed by atoms with Crippen LogP contribution < -0.4 is 10.1 Å². The largest absolute Gasteiger partial charge is 0.478 e. The van der Waals surface area contributed by atoms with Gasteiger partial charge in [0, 0.05) is 23.9 Å². The Labute approximate surface area is 172 Å². The second kappa shape index (κ2) is 9.26. The summed E-state index contributed by atoms with van der Waals surface area (Å²) in [6.45, 7) is 5.75. The van der Waals surface area contributed by atoms with Gasteiger partial charge in [0.05, 0.1) is 10.0 Å². The number of rotatable bonds is 7. The van der Waals surface area contributed by atoms with Gasteiger partial charge in [0.2, 0.25) is 5.88 Å². The fourth-order valence-electron chi connectivity index (χ4n) is 2.21. The first-order valence-electron chi connectivity index (χ1n) is 8.05. The number of carboxylic acid groups (broad SMARTS) is 1. The van der Waals surface area contributed by atoms with Gasteiger partial charge in [-0.3, -0.25) is 0 Å². The Balaban J connectivity index is 2.22. The molecule has 9 heteroatoms. The molecule has 1 heterocycles. The number of halogens is 3. The van der Waals surface area contributed by atoms with E-state index >= 15 is 0 Å². The monoisotopic (exact) mass is 429 g/mol. The first-order valence-corrected chi connectivity index (χ1v) is 9.18. The number of ether oxygens (including phenoxy) is 1. The van der Waals surface area contributed by atoms with E-state index in [0.29, 0.717) is 10.8 Å². The lowest BCUT2D eigenvalue weighted by molar-refractivity contribution is -0.131. The summed E-state index contributed by atoms with van der Waals surface area (Å²) in [5.41, 5.74) is 1.41. The van der Waals surface area contributed by atoms with Crippen LogP contribution in [0.15, 0.2) is 30.4 Å². The van der Waals surface area contributed by atoms with E-state index in [0.717, 1.165) is 11.6 Å². The van der Waals surface area contributed by atoms with Gasteiger partial charge in [-0.1, -0.05) is 54.7 Å². The minimum Gasteiger partial charge on any atom is -0.478 e. The molecule has 0 aliphatic heterocycles. The van der Waals surface area contributed by atoms with Gasteiger partial charge < -0.3 is 15.2 Å². The standard InChI is InChI=1S/C18H18Cl3N3O3/c1-9(2)12-8-15(23-24-18(12)21)27-17-13(19)6-11(7-14(17)20)22-10(3)4-5-16(25)26/h4-10,22H,1-3H3,(H,25,26)/b5-4+. The van der Waals surface area contributed by atoms with Crippen molar-refractivity contribution in [3.63, 3.8) is 0 Å². The molecule has 0 spiro atoms. The predicted molar refractivity (Wildman–Crippen MR) is 108 cm³/mol. The number of benzene rings is 1. The number of anilines is 1. The van der Waals surface area contributed by atoms with E-state index in [1.54, 1.807) is 25.1 Å². The van der Waals surface area contributed by atoms with Crippen molar-refractivity contribution in [2.75, 3.05) is 5.32 Å². The Bertz CT molecular complexity index is 849. The molecular weight excluding hydrogens is 413 g/mol. The molecule has 27 heavy (non-hydrogen) atoms. The van der Waals surface area contributed by atoms with Gasteiger partial charge in [-0.25, -0.2) is 4.79 Å². The fraction of sp³-hybridized carbons (Fsp3) is 0.278. The third kappa shape index (κ3) is 5.99. The Morgan fingerprint density at radius 3 is 2.33 bits per heavy atom. The molecule has 2 rings (SSSR count). The normalized spacial score (nSPS) is 12.4. The maximum atomic E-state index is 10.6. The summed E-state index contributed by atoms with van der Waals surface area (Å²) in [5, 5.41) is 20.4. The third-order valence-electron chi connectivity index (χ3n) is 3.50. The van der Waals surface area contributed by atoms with Crippen LogP contribution in [-0.4, -0.2) is 27.3 Å². The van der Waals surface area contributed by atoms with Crippen LogP contribution in [0.4, 0.5) is 5.69 Å². The number of carboxylic acids is 1. The van der Waals surface area contributed by atoms with Crippen LogP contribution in [0, 0.1) is 0 Å². The zero-order chi connectivity index (χ0) is 20.1. The maximum Gasteiger partial charge on any atom is 0.328 e. The molecule has 1 aromatic heterocycles. The van der Waals surface area contributed by atoms with Crippen LogP contribution in [0.5, 0.6) is 11.6 Å². The number of nitrogens with one attached hydrogen (secondary N) is 1. The van der Waals surface area contributed by atoms with Crippen LogP contribution in [0.2, 0.25) is 15.2 Å². The summed E-state index contributed by atoms with van der Waals surface area (Å²) >= 11 is 18.6. The number of carbonyl (C=O) groups is 1. The Kier molecular flexibility index (Phi) is 7.30. The number of aromatic nitrogens is 2. The van der Waals surface area contributed by atoms with Gasteiger partial charge in [-0.05, 0) is 30.5 Å². The van der Waals surface area contributed by atoms with Gasteiger partial charge in [0.1, 0.15) is 0 Å². The molecule has 0 aliphatic rings. The van der Waals surface area contributed by atoms with E-state index in [1.165, 1.54) is 6.08 Å². The minimum absolute atomic E-state index is 0.146. The lowest BCUT2D eigenvalue weighted by Crippen LogP contribution is -2.12. The van der Waals surface area contributed by atoms with Crippen molar-refractivity contribution in [3.8, 4) is 11.6 Å². The molecule has 6 nitrogen and oxygen atoms in total. The van der Waals surface area contributed by atoms with Crippen LogP contribution in [0.1, 0.15) is 32.3 Å². The van der Waals surface area contributed by atoms with Crippen molar-refractivity contribution in [2.45, 2.75) is 32.7 Å². The summed E-state index contributed by atoms with van der Waals surface area (Å²) in [6, 6.07) is 4.70. The molecule has 0 saturated heterocycles. The Hall–Kier alpha value is -2.02. The summed E-state index contributed by atoms with van der Waals surface area (Å²) in [4.78, 5) is 10.6. The Morgan fingerprint density at radius 2 is 1.78 bits per heavy atom. The van der Waals surface area contributed by atoms with Crippen molar-refractivity contribution >= 4 is 46.5 Å². The van der Waals surface area contributed by atoms with Crippen LogP contribution in [0.3, 0.4) is 0 Å². The van der Waals surface area contributed by atoms with Crippen LogP contribution in [-0.2, 0) is 4.79 Å². The molecular formula is C18H18Cl3N3O3. The quantitative estimate of drug-likeness (QED) is 0.540. The molecule has 0 fully saturated rings. The molecule has 0 aliphatic carbocycles. The van der Waals surface area contributed by atoms with Gasteiger partial charge >= 0.3 is 5.97 Å². The lowest BCUT2D eigenvalue weighted by atomic mass is 10.1. The van der Waals surface area contributed by atoms with E-state index in [1.807, 2.05) is 13.8 Å². The van der Waals surface area contributed by atoms with Crippen molar-refractivity contribution < 1.29 is 14.6 Å². The fourth-order valence-corrected chi connectivity index (χ4v) is 3.08. The third-order valence-corrected chi connectivity index (χ3v) is 4.36. The highest BCUT2D eigenvalue weighted by atomic mass is 35.5. The number of aliphatic carboxylic acids is 1. The van der Waals surface area contributed by atoms with Crippen molar-refractivity contribution in [1.29, 1.82) is 0 Å². The van der Waals surface area contributed by atoms with E-state index < -0.39 is 5.97 Å². The second-order valence-corrected chi connectivity index (χ2v) is 7.26. The summed E-state index contributed by atoms with van der Waals surface area (Å²) in [5.74, 6) is -0.407. The van der Waals surface area contributed by atoms with Crippen molar-refractivity contribution in [2.24, 2.45) is 0 Å². The van der Waals surface area contributed by atoms with Gasteiger partial charge in [-0.2, -0.15) is 0 Å². The molecule has 1 unspecified atom stereocenters. The maximum absolute atomic E-state index is 10.6. The molecule has 144 valence electrons. The summed E-state index contributed by atoms with van der Waals surface area (Å²) in [7, 11) is 0. The predicted octanol–water partition coefficient (Wildman–Crippen LogP) is 5.79. The van der Waals surface area contributed by atoms with Gasteiger partial charge in [0.25, 0.3) is 0 Å². The zero-order valence-electron chi connectivity index (χ0n) is 14.8. The van der Waals surface area contributed by atoms with Crippen LogP contribution in [0.25, 0.3) is 0 Å². The molecule has 0 bridgehead atoms. The molecule has 0 radical (unpaired) electrons. The average molecular weight is 431 g/mol. The van der Waals surface area contributed by atoms with Crippen molar-refractivity contribution in [3.05, 3.63) is 51.1 Å². The lowest BCUT2D eigenvalue weighted by Gasteiger charge is -2.15. The number of nitrogens with zero attached hydrogens (tertiary/aromatic N) is 2. The smallest absolute Gasteiger partial charge is 0.328 e. The van der Waals surface area contributed by atoms with Crippen LogP contribution >= 0.6 is 34.8 Å². The molecule has 0 amide bonds. The highest BCUT2D eigenvalue weighted by Crippen LogP contribution is 2.39. The molecule has 2 aromatic rings. The zero-order valence-corrected chi connectivity index (χ0v) is 17.1. The first-order chi connectivity index (χ1) is 12.7. The topological polar surface area (TPSA) is 84.3 Å². The van der Waals surface area contributed by atoms with Gasteiger partial charge in [-0.15, -0.1) is 10.2 Å². The summed E-state index contributed by atoms with van der Waals surface area (Å²) < 4.78 is 5.71. The van der Waals surface area contributed by atoms with E-state index in [2.05, 4.69) is 15.5 Å². The molecule has 1 aromatic carbocycles. The van der Waals surface area contributed by atoms with Crippen molar-refractivity contribution in [1.82, 2.24) is 10.2 Å². The van der Waals surface area contributed by atoms with E-state index in [9.17, 15) is 4.79 Å². The first kappa shape index (κ1) is 21.3. The highest BCUT2D eigenvalue weighted by molar-refractivity contribution is 6.37. The highest BCUT2D eigenvalue weighted by Gasteiger charge is 2.15. The second-order valence-electron chi connectivity index (χ2n) is 6.08. The number of hydrogen-bond acceptors (Lipinski definition) is 5. The molecule has 1 atom stereocenters. The summed E-state index contributed by atoms with van der Waals surface area (Å²) in [6.07, 6.45) is 2.56. The Morgan fingerprint density at radius 1 is 1.15 bits per heavy atom. The average Bonchev–Trinajstić information content (AvgIpc) is 2.57. The van der Waals surface area contributed by atoms with E-state index in [-0.39, 0.29) is 33.6 Å². The minimum atomic E-state index is -1.02. The number of hydrogen-bond donors (Lipinski definition) is 2. The molecule has 2 N–H and O–H groups in total. The SMILES string of the molecule is CC(/C=C/C(=O)O)Nc1cc(Cl)c(Oc2cc(C(C)C)c(Cl)nn2)c(Cl)c1.